The van der Waals surface area contributed by atoms with Crippen molar-refractivity contribution >= 4 is 22.0 Å². The summed E-state index contributed by atoms with van der Waals surface area (Å²) in [5, 5.41) is 0. The third kappa shape index (κ3) is 4.08. The first-order chi connectivity index (χ1) is 14.0. The maximum absolute atomic E-state index is 13.1. The lowest BCUT2D eigenvalue weighted by Crippen LogP contribution is -2.49. The fourth-order valence-electron chi connectivity index (χ4n) is 3.94. The number of nitrogens with zero attached hydrogens (tertiary/aromatic N) is 2. The van der Waals surface area contributed by atoms with Crippen molar-refractivity contribution in [2.24, 2.45) is 0 Å². The zero-order chi connectivity index (χ0) is 20.4. The highest BCUT2D eigenvalue weighted by atomic mass is 79.9. The number of hydrogen-bond acceptors (Lipinski definition) is 3. The molecule has 0 radical (unpaired) electrons. The van der Waals surface area contributed by atoms with Gasteiger partial charge in [-0.05, 0) is 37.1 Å². The van der Waals surface area contributed by atoms with E-state index in [2.05, 4.69) is 25.9 Å². The lowest BCUT2D eigenvalue weighted by molar-refractivity contribution is -0.0613. The third-order valence-corrected chi connectivity index (χ3v) is 6.13. The monoisotopic (exact) mass is 453 g/mol. The summed E-state index contributed by atoms with van der Waals surface area (Å²) in [6.07, 6.45) is 2.74. The van der Waals surface area contributed by atoms with Gasteiger partial charge in [0.2, 0.25) is 0 Å². The zero-order valence-corrected chi connectivity index (χ0v) is 18.1. The van der Waals surface area contributed by atoms with Crippen LogP contribution in [0.2, 0.25) is 0 Å². The van der Waals surface area contributed by atoms with Gasteiger partial charge in [0.05, 0.1) is 12.5 Å². The molecule has 1 N–H and O–H groups in total. The molecule has 5 nitrogen and oxygen atoms in total. The van der Waals surface area contributed by atoms with Crippen LogP contribution in [0.1, 0.15) is 42.0 Å². The lowest BCUT2D eigenvalue weighted by atomic mass is 9.85. The second-order valence-corrected chi connectivity index (χ2v) is 8.50. The first-order valence-corrected chi connectivity index (χ1v) is 10.6. The normalized spacial score (nSPS) is 20.4. The predicted molar refractivity (Wildman–Crippen MR) is 116 cm³/mol. The van der Waals surface area contributed by atoms with E-state index in [1.165, 1.54) is 0 Å². The van der Waals surface area contributed by atoms with Crippen LogP contribution in [0.4, 0.5) is 4.79 Å². The van der Waals surface area contributed by atoms with Gasteiger partial charge < -0.3 is 14.6 Å². The van der Waals surface area contributed by atoms with Gasteiger partial charge in [-0.15, -0.1) is 0 Å². The van der Waals surface area contributed by atoms with Crippen molar-refractivity contribution in [2.45, 2.75) is 38.3 Å². The number of H-pyrrole nitrogens is 1. The van der Waals surface area contributed by atoms with Gasteiger partial charge in [-0.2, -0.15) is 0 Å². The van der Waals surface area contributed by atoms with Crippen molar-refractivity contribution in [2.75, 3.05) is 6.54 Å². The molecule has 1 saturated heterocycles. The van der Waals surface area contributed by atoms with E-state index in [-0.39, 0.29) is 12.1 Å². The highest BCUT2D eigenvalue weighted by Gasteiger charge is 2.44. The lowest BCUT2D eigenvalue weighted by Gasteiger charge is -2.43. The Morgan fingerprint density at radius 3 is 2.55 bits per heavy atom. The molecule has 0 spiro atoms. The fourth-order valence-corrected chi connectivity index (χ4v) is 4.21. The SMILES string of the molecule is Cc1cnc(C[C@]2(c3ccccc3)CCN([C@@H](C)c3ccc(Br)cc3)C(=O)O2)[nH]1. The van der Waals surface area contributed by atoms with Crippen molar-refractivity contribution in [3.05, 3.63) is 87.9 Å². The Balaban J connectivity index is 1.60. The molecule has 1 aliphatic heterocycles. The molecule has 2 heterocycles. The maximum Gasteiger partial charge on any atom is 0.411 e. The number of rotatable bonds is 5. The molecule has 1 aliphatic rings. The molecule has 0 bridgehead atoms. The van der Waals surface area contributed by atoms with Gasteiger partial charge in [0, 0.05) is 29.3 Å². The van der Waals surface area contributed by atoms with Gasteiger partial charge in [0.15, 0.2) is 0 Å². The van der Waals surface area contributed by atoms with Crippen molar-refractivity contribution in [1.82, 2.24) is 14.9 Å². The van der Waals surface area contributed by atoms with Crippen LogP contribution < -0.4 is 0 Å². The van der Waals surface area contributed by atoms with Gasteiger partial charge in [0.1, 0.15) is 11.4 Å². The molecule has 1 amide bonds. The Morgan fingerprint density at radius 2 is 1.93 bits per heavy atom. The topological polar surface area (TPSA) is 58.2 Å². The van der Waals surface area contributed by atoms with Crippen LogP contribution >= 0.6 is 15.9 Å². The van der Waals surface area contributed by atoms with E-state index in [1.807, 2.05) is 68.4 Å². The summed E-state index contributed by atoms with van der Waals surface area (Å²) in [7, 11) is 0. The van der Waals surface area contributed by atoms with Crippen LogP contribution in [0.25, 0.3) is 0 Å². The van der Waals surface area contributed by atoms with Gasteiger partial charge in [0.25, 0.3) is 0 Å². The average Bonchev–Trinajstić information content (AvgIpc) is 3.13. The van der Waals surface area contributed by atoms with Gasteiger partial charge in [-0.25, -0.2) is 9.78 Å². The summed E-state index contributed by atoms with van der Waals surface area (Å²) in [5.41, 5.74) is 2.35. The number of ether oxygens (including phenoxy) is 1. The van der Waals surface area contributed by atoms with Gasteiger partial charge in [-0.3, -0.25) is 0 Å². The number of aromatic nitrogens is 2. The molecular formula is C23H24BrN3O2. The van der Waals surface area contributed by atoms with E-state index in [0.29, 0.717) is 19.4 Å². The Hall–Kier alpha value is -2.60. The Kier molecular flexibility index (Phi) is 5.46. The summed E-state index contributed by atoms with van der Waals surface area (Å²) < 4.78 is 7.19. The van der Waals surface area contributed by atoms with Crippen molar-refractivity contribution in [1.29, 1.82) is 0 Å². The minimum absolute atomic E-state index is 0.0600. The van der Waals surface area contributed by atoms with Crippen molar-refractivity contribution in [3.8, 4) is 0 Å². The Labute approximate surface area is 179 Å². The second kappa shape index (κ2) is 8.03. The number of nitrogens with one attached hydrogen (secondary N) is 1. The standard InChI is InChI=1S/C23H24BrN3O2/c1-16-15-25-21(26-16)14-23(19-6-4-3-5-7-19)12-13-27(22(28)29-23)17(2)18-8-10-20(24)11-9-18/h3-11,15,17H,12-14H2,1-2H3,(H,25,26)/t17-,23-/m0/s1. The Bertz CT molecular complexity index is 987. The molecule has 0 saturated carbocycles. The predicted octanol–water partition coefficient (Wildman–Crippen LogP) is 5.52. The number of aromatic amines is 1. The van der Waals surface area contributed by atoms with Crippen LogP contribution in [0.5, 0.6) is 0 Å². The quantitative estimate of drug-likeness (QED) is 0.552. The van der Waals surface area contributed by atoms with E-state index in [9.17, 15) is 4.79 Å². The van der Waals surface area contributed by atoms with E-state index in [4.69, 9.17) is 4.74 Å². The number of cyclic esters (lactones) is 1. The number of aryl methyl sites for hydroxylation is 1. The fraction of sp³-hybridized carbons (Fsp3) is 0.304. The van der Waals surface area contributed by atoms with Crippen molar-refractivity contribution in [3.63, 3.8) is 0 Å². The number of carbonyl (C=O) groups is 1. The molecule has 0 unspecified atom stereocenters. The number of benzene rings is 2. The summed E-state index contributed by atoms with van der Waals surface area (Å²) >= 11 is 3.46. The highest BCUT2D eigenvalue weighted by Crippen LogP contribution is 2.39. The average molecular weight is 454 g/mol. The molecule has 6 heteroatoms. The first-order valence-electron chi connectivity index (χ1n) is 9.78. The molecular weight excluding hydrogens is 430 g/mol. The number of carbonyl (C=O) groups excluding carboxylic acids is 1. The molecule has 4 rings (SSSR count). The maximum atomic E-state index is 13.1. The molecule has 1 fully saturated rings. The number of amides is 1. The molecule has 29 heavy (non-hydrogen) atoms. The number of halogens is 1. The van der Waals surface area contributed by atoms with E-state index in [0.717, 1.165) is 27.1 Å². The zero-order valence-electron chi connectivity index (χ0n) is 16.6. The summed E-state index contributed by atoms with van der Waals surface area (Å²) in [6, 6.07) is 18.0. The van der Waals surface area contributed by atoms with Crippen LogP contribution in [0.3, 0.4) is 0 Å². The van der Waals surface area contributed by atoms with Crippen LogP contribution in [-0.2, 0) is 16.8 Å². The molecule has 3 aromatic rings. The largest absolute Gasteiger partial charge is 0.437 e. The number of imidazole rings is 1. The molecule has 2 atom stereocenters. The van der Waals surface area contributed by atoms with E-state index in [1.54, 1.807) is 11.1 Å². The minimum Gasteiger partial charge on any atom is -0.437 e. The van der Waals surface area contributed by atoms with E-state index >= 15 is 0 Å². The second-order valence-electron chi connectivity index (χ2n) is 7.59. The Morgan fingerprint density at radius 1 is 1.21 bits per heavy atom. The van der Waals surface area contributed by atoms with Crippen molar-refractivity contribution < 1.29 is 9.53 Å². The molecule has 1 aromatic heterocycles. The van der Waals surface area contributed by atoms with Gasteiger partial charge in [-0.1, -0.05) is 58.4 Å². The van der Waals surface area contributed by atoms with Crippen LogP contribution in [-0.4, -0.2) is 27.5 Å². The highest BCUT2D eigenvalue weighted by molar-refractivity contribution is 9.10. The minimum atomic E-state index is -0.724. The molecule has 2 aromatic carbocycles. The summed E-state index contributed by atoms with van der Waals surface area (Å²) in [5.74, 6) is 0.827. The van der Waals surface area contributed by atoms with E-state index < -0.39 is 5.60 Å². The summed E-state index contributed by atoms with van der Waals surface area (Å²) in [6.45, 7) is 4.63. The van der Waals surface area contributed by atoms with Crippen LogP contribution in [0.15, 0.2) is 65.3 Å². The molecule has 0 aliphatic carbocycles. The van der Waals surface area contributed by atoms with Gasteiger partial charge >= 0.3 is 6.09 Å². The first kappa shape index (κ1) is 19.7. The summed E-state index contributed by atoms with van der Waals surface area (Å²) in [4.78, 5) is 22.7. The molecule has 150 valence electrons. The number of hydrogen-bond donors (Lipinski definition) is 1. The third-order valence-electron chi connectivity index (χ3n) is 5.60. The smallest absolute Gasteiger partial charge is 0.411 e. The van der Waals surface area contributed by atoms with Crippen LogP contribution in [0, 0.1) is 6.92 Å².